The number of hydrogen-bond donors (Lipinski definition) is 1. The zero-order chi connectivity index (χ0) is 14.0. The fourth-order valence-corrected chi connectivity index (χ4v) is 3.22. The van der Waals surface area contributed by atoms with E-state index in [1.54, 1.807) is 18.3 Å². The molecule has 0 saturated carbocycles. The van der Waals surface area contributed by atoms with Gasteiger partial charge in [0.15, 0.2) is 0 Å². The number of amides is 2. The topological polar surface area (TPSA) is 49.4 Å². The molecule has 0 aliphatic carbocycles. The molecule has 1 aromatic rings. The van der Waals surface area contributed by atoms with E-state index in [4.69, 9.17) is 0 Å². The minimum absolute atomic E-state index is 0.00970. The van der Waals surface area contributed by atoms with Crippen molar-refractivity contribution in [3.05, 3.63) is 22.4 Å². The Balaban J connectivity index is 2.13. The van der Waals surface area contributed by atoms with Crippen LogP contribution in [0.1, 0.15) is 32.1 Å². The summed E-state index contributed by atoms with van der Waals surface area (Å²) >= 11 is 1.71. The van der Waals surface area contributed by atoms with Crippen molar-refractivity contribution in [2.24, 2.45) is 0 Å². The van der Waals surface area contributed by atoms with E-state index in [1.165, 1.54) is 4.88 Å². The number of hydrogen-bond acceptors (Lipinski definition) is 3. The van der Waals surface area contributed by atoms with Gasteiger partial charge in [-0.1, -0.05) is 19.9 Å². The van der Waals surface area contributed by atoms with Gasteiger partial charge in [-0.25, -0.2) is 0 Å². The van der Waals surface area contributed by atoms with Crippen LogP contribution in [0.4, 0.5) is 0 Å². The minimum Gasteiger partial charge on any atom is -0.345 e. The zero-order valence-electron chi connectivity index (χ0n) is 11.6. The van der Waals surface area contributed by atoms with Crippen molar-refractivity contribution in [1.82, 2.24) is 10.2 Å². The maximum absolute atomic E-state index is 12.3. The highest BCUT2D eigenvalue weighted by Gasteiger charge is 2.32. The van der Waals surface area contributed by atoms with Crippen LogP contribution in [0.25, 0.3) is 0 Å². The standard InChI is InChI=1S/C14H20N2O2S/c1-10-13(18)16(7-6-12(17)15-10)9-14(2,3)11-5-4-8-19-11/h4-5,8,10H,6-7,9H2,1-3H3,(H,15,17). The lowest BCUT2D eigenvalue weighted by Crippen LogP contribution is -2.46. The summed E-state index contributed by atoms with van der Waals surface area (Å²) in [6.07, 6.45) is 0.386. The second-order valence-corrected chi connectivity index (χ2v) is 6.61. The lowest BCUT2D eigenvalue weighted by atomic mass is 9.90. The molecule has 2 rings (SSSR count). The lowest BCUT2D eigenvalue weighted by Gasteiger charge is -2.32. The van der Waals surface area contributed by atoms with Crippen LogP contribution < -0.4 is 5.32 Å². The molecular weight excluding hydrogens is 260 g/mol. The monoisotopic (exact) mass is 280 g/mol. The van der Waals surface area contributed by atoms with E-state index in [0.29, 0.717) is 19.5 Å². The molecule has 1 atom stereocenters. The van der Waals surface area contributed by atoms with Crippen molar-refractivity contribution in [2.45, 2.75) is 38.6 Å². The molecule has 1 N–H and O–H groups in total. The van der Waals surface area contributed by atoms with Gasteiger partial charge in [-0.15, -0.1) is 11.3 Å². The highest BCUT2D eigenvalue weighted by molar-refractivity contribution is 7.10. The number of thiophene rings is 1. The molecule has 1 fully saturated rings. The van der Waals surface area contributed by atoms with Gasteiger partial charge in [0, 0.05) is 29.8 Å². The maximum Gasteiger partial charge on any atom is 0.244 e. The van der Waals surface area contributed by atoms with Gasteiger partial charge in [0.1, 0.15) is 6.04 Å². The summed E-state index contributed by atoms with van der Waals surface area (Å²) in [5.74, 6) is -0.0345. The molecule has 0 spiro atoms. The fraction of sp³-hybridized carbons (Fsp3) is 0.571. The fourth-order valence-electron chi connectivity index (χ4n) is 2.37. The van der Waals surface area contributed by atoms with E-state index in [9.17, 15) is 9.59 Å². The Bertz CT molecular complexity index is 468. The van der Waals surface area contributed by atoms with E-state index < -0.39 is 6.04 Å². The average Bonchev–Trinajstić information content (AvgIpc) is 2.84. The summed E-state index contributed by atoms with van der Waals surface area (Å²) in [5, 5.41) is 4.77. The van der Waals surface area contributed by atoms with Crippen molar-refractivity contribution in [1.29, 1.82) is 0 Å². The first-order valence-electron chi connectivity index (χ1n) is 6.52. The molecule has 1 aliphatic rings. The van der Waals surface area contributed by atoms with E-state index in [-0.39, 0.29) is 17.2 Å². The van der Waals surface area contributed by atoms with Gasteiger partial charge in [0.25, 0.3) is 0 Å². The van der Waals surface area contributed by atoms with Crippen LogP contribution >= 0.6 is 11.3 Å². The van der Waals surface area contributed by atoms with E-state index in [1.807, 2.05) is 11.0 Å². The molecule has 1 aromatic heterocycles. The van der Waals surface area contributed by atoms with Gasteiger partial charge in [-0.3, -0.25) is 9.59 Å². The molecule has 19 heavy (non-hydrogen) atoms. The van der Waals surface area contributed by atoms with Crippen molar-refractivity contribution >= 4 is 23.2 Å². The summed E-state index contributed by atoms with van der Waals surface area (Å²) in [6, 6.07) is 3.70. The molecule has 1 saturated heterocycles. The molecule has 1 unspecified atom stereocenters. The SMILES string of the molecule is CC1NC(=O)CCN(CC(C)(C)c2cccs2)C1=O. The summed E-state index contributed by atoms with van der Waals surface area (Å²) in [7, 11) is 0. The minimum atomic E-state index is -0.422. The van der Waals surface area contributed by atoms with Crippen LogP contribution in [0.15, 0.2) is 17.5 Å². The highest BCUT2D eigenvalue weighted by atomic mass is 32.1. The third kappa shape index (κ3) is 3.15. The smallest absolute Gasteiger partial charge is 0.244 e. The van der Waals surface area contributed by atoms with E-state index in [2.05, 4.69) is 30.6 Å². The Morgan fingerprint density at radius 1 is 1.47 bits per heavy atom. The average molecular weight is 280 g/mol. The Hall–Kier alpha value is -1.36. The summed E-state index contributed by atoms with van der Waals surface area (Å²) in [6.45, 7) is 7.17. The second kappa shape index (κ2) is 5.33. The first kappa shape index (κ1) is 14.1. The largest absolute Gasteiger partial charge is 0.345 e. The van der Waals surface area contributed by atoms with Crippen LogP contribution in [0, 0.1) is 0 Å². The molecular formula is C14H20N2O2S. The Labute approximate surface area is 117 Å². The Morgan fingerprint density at radius 3 is 2.84 bits per heavy atom. The summed E-state index contributed by atoms with van der Waals surface area (Å²) in [5.41, 5.74) is -0.0864. The molecule has 1 aliphatic heterocycles. The van der Waals surface area contributed by atoms with Crippen LogP contribution in [0.3, 0.4) is 0 Å². The van der Waals surface area contributed by atoms with Gasteiger partial charge < -0.3 is 10.2 Å². The van der Waals surface area contributed by atoms with E-state index in [0.717, 1.165) is 0 Å². The van der Waals surface area contributed by atoms with Gasteiger partial charge in [0.2, 0.25) is 11.8 Å². The molecule has 4 nitrogen and oxygen atoms in total. The number of carbonyl (C=O) groups excluding carboxylic acids is 2. The zero-order valence-corrected chi connectivity index (χ0v) is 12.4. The summed E-state index contributed by atoms with van der Waals surface area (Å²) < 4.78 is 0. The van der Waals surface area contributed by atoms with Crippen molar-refractivity contribution in [2.75, 3.05) is 13.1 Å². The molecule has 0 radical (unpaired) electrons. The summed E-state index contributed by atoms with van der Waals surface area (Å²) in [4.78, 5) is 26.8. The van der Waals surface area contributed by atoms with Crippen molar-refractivity contribution in [3.63, 3.8) is 0 Å². The Morgan fingerprint density at radius 2 is 2.21 bits per heavy atom. The lowest BCUT2D eigenvalue weighted by molar-refractivity contribution is -0.133. The van der Waals surface area contributed by atoms with Gasteiger partial charge in [-0.05, 0) is 18.4 Å². The molecule has 104 valence electrons. The van der Waals surface area contributed by atoms with Gasteiger partial charge >= 0.3 is 0 Å². The van der Waals surface area contributed by atoms with Crippen LogP contribution in [0.5, 0.6) is 0 Å². The molecule has 5 heteroatoms. The van der Waals surface area contributed by atoms with Gasteiger partial charge in [0.05, 0.1) is 0 Å². The second-order valence-electron chi connectivity index (χ2n) is 5.66. The van der Waals surface area contributed by atoms with Gasteiger partial charge in [-0.2, -0.15) is 0 Å². The number of carbonyl (C=O) groups is 2. The van der Waals surface area contributed by atoms with E-state index >= 15 is 0 Å². The molecule has 0 bridgehead atoms. The maximum atomic E-state index is 12.3. The van der Waals surface area contributed by atoms with Crippen LogP contribution in [-0.2, 0) is 15.0 Å². The number of rotatable bonds is 3. The first-order valence-corrected chi connectivity index (χ1v) is 7.40. The predicted molar refractivity (Wildman–Crippen MR) is 76.1 cm³/mol. The van der Waals surface area contributed by atoms with Crippen LogP contribution in [-0.4, -0.2) is 35.8 Å². The van der Waals surface area contributed by atoms with Crippen molar-refractivity contribution < 1.29 is 9.59 Å². The van der Waals surface area contributed by atoms with Crippen LogP contribution in [0.2, 0.25) is 0 Å². The molecule has 2 heterocycles. The third-order valence-corrected chi connectivity index (χ3v) is 4.68. The molecule has 0 aromatic carbocycles. The Kier molecular flexibility index (Phi) is 3.94. The number of nitrogens with zero attached hydrogens (tertiary/aromatic N) is 1. The molecule has 2 amide bonds. The number of nitrogens with one attached hydrogen (secondary N) is 1. The quantitative estimate of drug-likeness (QED) is 0.917. The highest BCUT2D eigenvalue weighted by Crippen LogP contribution is 2.28. The third-order valence-electron chi connectivity index (χ3n) is 3.44. The first-order chi connectivity index (χ1) is 8.90. The van der Waals surface area contributed by atoms with Crippen molar-refractivity contribution in [3.8, 4) is 0 Å². The normalized spacial score (nSPS) is 21.2. The predicted octanol–water partition coefficient (Wildman–Crippen LogP) is 1.76.